The Labute approximate surface area is 167 Å². The minimum absolute atomic E-state index is 0.0544. The number of fused-ring (bicyclic) bond motifs is 1. The summed E-state index contributed by atoms with van der Waals surface area (Å²) >= 11 is 0. The van der Waals surface area contributed by atoms with Crippen LogP contribution in [-0.4, -0.2) is 14.3 Å². The second-order valence-corrected chi connectivity index (χ2v) is 6.73. The van der Waals surface area contributed by atoms with E-state index < -0.39 is 4.92 Å². The maximum atomic E-state index is 11.3. The third-order valence-electron chi connectivity index (χ3n) is 4.50. The van der Waals surface area contributed by atoms with E-state index in [0.717, 1.165) is 28.0 Å². The van der Waals surface area contributed by atoms with E-state index in [-0.39, 0.29) is 18.0 Å². The van der Waals surface area contributed by atoms with Crippen molar-refractivity contribution in [3.8, 4) is 5.75 Å². The molecule has 6 heteroatoms. The van der Waals surface area contributed by atoms with Crippen molar-refractivity contribution in [2.24, 2.45) is 0 Å². The molecule has 0 saturated carbocycles. The molecule has 0 amide bonds. The number of aryl methyl sites for hydroxylation is 1. The van der Waals surface area contributed by atoms with E-state index in [1.807, 2.05) is 78.3 Å². The van der Waals surface area contributed by atoms with E-state index in [1.165, 1.54) is 6.07 Å². The monoisotopic (exact) mass is 385 g/mol. The molecular formula is C23H19N3O3. The van der Waals surface area contributed by atoms with E-state index in [2.05, 4.69) is 4.98 Å². The first-order valence-electron chi connectivity index (χ1n) is 9.17. The first-order chi connectivity index (χ1) is 14.1. The molecule has 0 bridgehead atoms. The highest BCUT2D eigenvalue weighted by Crippen LogP contribution is 2.29. The molecule has 0 saturated heterocycles. The largest absolute Gasteiger partial charge is 0.482 e. The van der Waals surface area contributed by atoms with Crippen molar-refractivity contribution < 1.29 is 9.66 Å². The van der Waals surface area contributed by atoms with E-state index in [9.17, 15) is 10.1 Å². The first-order valence-corrected chi connectivity index (χ1v) is 9.17. The zero-order valence-corrected chi connectivity index (χ0v) is 15.9. The molecule has 0 N–H and O–H groups in total. The minimum Gasteiger partial charge on any atom is -0.482 e. The standard InChI is InChI=1S/C23H19N3O3/c1-17-11-12-25-15-20(24-23(25)13-17)9-7-18-8-10-21(26(27)28)22(14-18)29-16-19-5-3-2-4-6-19/h2-15H,16H2,1H3/b9-7+. The maximum Gasteiger partial charge on any atom is 0.310 e. The fourth-order valence-electron chi connectivity index (χ4n) is 3.00. The van der Waals surface area contributed by atoms with E-state index in [4.69, 9.17) is 4.74 Å². The summed E-state index contributed by atoms with van der Waals surface area (Å²) in [6.45, 7) is 2.29. The highest BCUT2D eigenvalue weighted by molar-refractivity contribution is 5.71. The molecule has 2 aromatic carbocycles. The lowest BCUT2D eigenvalue weighted by Crippen LogP contribution is -1.99. The van der Waals surface area contributed by atoms with Crippen LogP contribution in [0.3, 0.4) is 0 Å². The van der Waals surface area contributed by atoms with Crippen LogP contribution in [0.4, 0.5) is 5.69 Å². The molecule has 6 nitrogen and oxygen atoms in total. The number of aromatic nitrogens is 2. The summed E-state index contributed by atoms with van der Waals surface area (Å²) in [6, 6.07) is 18.4. The van der Waals surface area contributed by atoms with Gasteiger partial charge in [0.05, 0.1) is 10.6 Å². The summed E-state index contributed by atoms with van der Waals surface area (Å²) in [5.41, 5.74) is 4.52. The average Bonchev–Trinajstić information content (AvgIpc) is 3.13. The molecular weight excluding hydrogens is 366 g/mol. The lowest BCUT2D eigenvalue weighted by Gasteiger charge is -2.07. The zero-order chi connectivity index (χ0) is 20.2. The Hall–Kier alpha value is -3.93. The number of hydrogen-bond donors (Lipinski definition) is 0. The van der Waals surface area contributed by atoms with Crippen molar-refractivity contribution in [1.82, 2.24) is 9.38 Å². The van der Waals surface area contributed by atoms with Gasteiger partial charge in [0.25, 0.3) is 0 Å². The summed E-state index contributed by atoms with van der Waals surface area (Å²) in [5, 5.41) is 11.3. The summed E-state index contributed by atoms with van der Waals surface area (Å²) in [7, 11) is 0. The molecule has 0 aliphatic rings. The molecule has 0 aliphatic heterocycles. The number of benzene rings is 2. The Morgan fingerprint density at radius 3 is 2.72 bits per heavy atom. The van der Waals surface area contributed by atoms with Crippen LogP contribution in [0.5, 0.6) is 5.75 Å². The summed E-state index contributed by atoms with van der Waals surface area (Å²) in [5.74, 6) is 0.242. The molecule has 4 aromatic rings. The highest BCUT2D eigenvalue weighted by atomic mass is 16.6. The van der Waals surface area contributed by atoms with Crippen LogP contribution in [-0.2, 0) is 6.61 Å². The van der Waals surface area contributed by atoms with Crippen LogP contribution in [0, 0.1) is 17.0 Å². The Morgan fingerprint density at radius 2 is 1.93 bits per heavy atom. The van der Waals surface area contributed by atoms with Crippen molar-refractivity contribution in [1.29, 1.82) is 0 Å². The van der Waals surface area contributed by atoms with Gasteiger partial charge in [-0.3, -0.25) is 10.1 Å². The molecule has 29 heavy (non-hydrogen) atoms. The number of nitrogens with zero attached hydrogens (tertiary/aromatic N) is 3. The zero-order valence-electron chi connectivity index (χ0n) is 15.9. The highest BCUT2D eigenvalue weighted by Gasteiger charge is 2.15. The number of pyridine rings is 1. The normalized spacial score (nSPS) is 11.2. The summed E-state index contributed by atoms with van der Waals surface area (Å²) in [6.07, 6.45) is 7.65. The van der Waals surface area contributed by atoms with Crippen molar-refractivity contribution >= 4 is 23.5 Å². The topological polar surface area (TPSA) is 69.7 Å². The van der Waals surface area contributed by atoms with Gasteiger partial charge in [-0.1, -0.05) is 36.4 Å². The minimum atomic E-state index is -0.432. The molecule has 0 aliphatic carbocycles. The Bertz CT molecular complexity index is 1200. The predicted octanol–water partition coefficient (Wildman–Crippen LogP) is 5.30. The van der Waals surface area contributed by atoms with Gasteiger partial charge in [0.1, 0.15) is 12.3 Å². The lowest BCUT2D eigenvalue weighted by molar-refractivity contribution is -0.385. The van der Waals surface area contributed by atoms with Gasteiger partial charge in [-0.15, -0.1) is 0 Å². The second kappa shape index (κ2) is 7.98. The van der Waals surface area contributed by atoms with Gasteiger partial charge in [-0.05, 0) is 54.0 Å². The van der Waals surface area contributed by atoms with Crippen LogP contribution in [0.1, 0.15) is 22.4 Å². The van der Waals surface area contributed by atoms with Gasteiger partial charge in [0.15, 0.2) is 5.75 Å². The smallest absolute Gasteiger partial charge is 0.310 e. The molecule has 2 aromatic heterocycles. The molecule has 0 fully saturated rings. The molecule has 2 heterocycles. The lowest BCUT2D eigenvalue weighted by atomic mass is 10.1. The van der Waals surface area contributed by atoms with Gasteiger partial charge in [-0.2, -0.15) is 0 Å². The quantitative estimate of drug-likeness (QED) is 0.334. The Balaban J connectivity index is 1.57. The number of imidazole rings is 1. The Kier molecular flexibility index (Phi) is 5.07. The molecule has 0 unspecified atom stereocenters. The molecule has 0 radical (unpaired) electrons. The van der Waals surface area contributed by atoms with E-state index >= 15 is 0 Å². The SMILES string of the molecule is Cc1ccn2cc(/C=C/c3ccc([N+](=O)[O-])c(OCc4ccccc4)c3)nc2c1. The van der Waals surface area contributed by atoms with E-state index in [1.54, 1.807) is 12.1 Å². The van der Waals surface area contributed by atoms with Gasteiger partial charge in [0, 0.05) is 18.5 Å². The number of rotatable bonds is 6. The van der Waals surface area contributed by atoms with Crippen molar-refractivity contribution in [2.75, 3.05) is 0 Å². The predicted molar refractivity (Wildman–Crippen MR) is 113 cm³/mol. The van der Waals surface area contributed by atoms with Crippen LogP contribution >= 0.6 is 0 Å². The fourth-order valence-corrected chi connectivity index (χ4v) is 3.00. The summed E-state index contributed by atoms with van der Waals surface area (Å²) in [4.78, 5) is 15.5. The molecule has 144 valence electrons. The second-order valence-electron chi connectivity index (χ2n) is 6.73. The van der Waals surface area contributed by atoms with Crippen molar-refractivity contribution in [3.05, 3.63) is 106 Å². The van der Waals surface area contributed by atoms with Gasteiger partial charge < -0.3 is 9.14 Å². The fraction of sp³-hybridized carbons (Fsp3) is 0.0870. The van der Waals surface area contributed by atoms with Gasteiger partial charge >= 0.3 is 5.69 Å². The average molecular weight is 385 g/mol. The van der Waals surface area contributed by atoms with E-state index in [0.29, 0.717) is 0 Å². The third kappa shape index (κ3) is 4.32. The number of nitro benzene ring substituents is 1. The summed E-state index contributed by atoms with van der Waals surface area (Å²) < 4.78 is 7.70. The third-order valence-corrected chi connectivity index (χ3v) is 4.50. The van der Waals surface area contributed by atoms with Crippen molar-refractivity contribution in [2.45, 2.75) is 13.5 Å². The van der Waals surface area contributed by atoms with Gasteiger partial charge in [-0.25, -0.2) is 4.98 Å². The molecule has 4 rings (SSSR count). The van der Waals surface area contributed by atoms with Crippen molar-refractivity contribution in [3.63, 3.8) is 0 Å². The first kappa shape index (κ1) is 18.4. The maximum absolute atomic E-state index is 11.3. The number of ether oxygens (including phenoxy) is 1. The van der Waals surface area contributed by atoms with Crippen LogP contribution in [0.2, 0.25) is 0 Å². The number of hydrogen-bond acceptors (Lipinski definition) is 4. The number of nitro groups is 1. The molecule has 0 atom stereocenters. The Morgan fingerprint density at radius 1 is 1.10 bits per heavy atom. The van der Waals surface area contributed by atoms with Crippen LogP contribution < -0.4 is 4.74 Å². The van der Waals surface area contributed by atoms with Gasteiger partial charge in [0.2, 0.25) is 0 Å². The van der Waals surface area contributed by atoms with Crippen LogP contribution in [0.25, 0.3) is 17.8 Å². The van der Waals surface area contributed by atoms with Crippen LogP contribution in [0.15, 0.2) is 73.1 Å². The molecule has 0 spiro atoms.